The number of aliphatic hydroxyl groups is 3. The monoisotopic (exact) mass is 405 g/mol. The Balaban J connectivity index is 2.10. The second-order valence-electron chi connectivity index (χ2n) is 8.16. The van der Waals surface area contributed by atoms with Gasteiger partial charge in [-0.25, -0.2) is 0 Å². The van der Waals surface area contributed by atoms with E-state index in [1.54, 1.807) is 0 Å². The highest BCUT2D eigenvalue weighted by Gasteiger charge is 2.46. The van der Waals surface area contributed by atoms with Gasteiger partial charge in [-0.15, -0.1) is 0 Å². The van der Waals surface area contributed by atoms with Crippen molar-refractivity contribution in [3.8, 4) is 0 Å². The fraction of sp³-hybridized carbons (Fsp3) is 0.947. The molecule has 0 radical (unpaired) electrons. The molecule has 2 aliphatic rings. The minimum absolute atomic E-state index is 0.0442. The van der Waals surface area contributed by atoms with E-state index in [4.69, 9.17) is 18.9 Å². The zero-order chi connectivity index (χ0) is 21.0. The van der Waals surface area contributed by atoms with Crippen LogP contribution in [0, 0.1) is 5.92 Å². The molecule has 0 aromatic carbocycles. The summed E-state index contributed by atoms with van der Waals surface area (Å²) in [6.45, 7) is 8.96. The van der Waals surface area contributed by atoms with Crippen molar-refractivity contribution in [2.45, 2.75) is 96.1 Å². The standard InChI is InChI=1S/C19H35NO8/c1-9(2)27-15-8-25-14(17(23)18(15)24)6-12-13(22)7-26-19(28-10(3)4)16(12)20-11(5)21/h9-10,12-19,22-24H,6-8H2,1-5H3,(H,20,21). The van der Waals surface area contributed by atoms with Gasteiger partial charge in [0.05, 0.1) is 43.7 Å². The van der Waals surface area contributed by atoms with Gasteiger partial charge in [-0.3, -0.25) is 4.79 Å². The van der Waals surface area contributed by atoms with E-state index in [-0.39, 0.29) is 37.7 Å². The van der Waals surface area contributed by atoms with E-state index in [1.165, 1.54) is 6.92 Å². The van der Waals surface area contributed by atoms with Gasteiger partial charge in [0.25, 0.3) is 0 Å². The zero-order valence-corrected chi connectivity index (χ0v) is 17.3. The molecule has 0 aliphatic carbocycles. The molecular weight excluding hydrogens is 370 g/mol. The van der Waals surface area contributed by atoms with Crippen molar-refractivity contribution < 1.29 is 39.1 Å². The van der Waals surface area contributed by atoms with Crippen LogP contribution < -0.4 is 5.32 Å². The zero-order valence-electron chi connectivity index (χ0n) is 17.3. The van der Waals surface area contributed by atoms with Crippen LogP contribution in [0.5, 0.6) is 0 Å². The van der Waals surface area contributed by atoms with Gasteiger partial charge in [0.15, 0.2) is 6.29 Å². The Kier molecular flexibility index (Phi) is 8.62. The van der Waals surface area contributed by atoms with Crippen molar-refractivity contribution in [1.82, 2.24) is 5.32 Å². The number of amides is 1. The average Bonchev–Trinajstić information content (AvgIpc) is 2.58. The third-order valence-corrected chi connectivity index (χ3v) is 4.99. The maximum absolute atomic E-state index is 11.7. The van der Waals surface area contributed by atoms with Crippen molar-refractivity contribution in [3.63, 3.8) is 0 Å². The van der Waals surface area contributed by atoms with E-state index in [2.05, 4.69) is 5.32 Å². The molecule has 0 aromatic heterocycles. The largest absolute Gasteiger partial charge is 0.390 e. The van der Waals surface area contributed by atoms with Gasteiger partial charge in [0.1, 0.15) is 18.3 Å². The van der Waals surface area contributed by atoms with Crippen LogP contribution in [0.4, 0.5) is 0 Å². The summed E-state index contributed by atoms with van der Waals surface area (Å²) < 4.78 is 22.7. The molecule has 1 amide bonds. The summed E-state index contributed by atoms with van der Waals surface area (Å²) in [5.41, 5.74) is 0. The number of nitrogens with one attached hydrogen (secondary N) is 1. The summed E-state index contributed by atoms with van der Waals surface area (Å²) in [6.07, 6.45) is -5.21. The fourth-order valence-electron chi connectivity index (χ4n) is 3.77. The summed E-state index contributed by atoms with van der Waals surface area (Å²) >= 11 is 0. The molecule has 8 atom stereocenters. The molecule has 8 unspecified atom stereocenters. The molecule has 9 nitrogen and oxygen atoms in total. The summed E-state index contributed by atoms with van der Waals surface area (Å²) in [6, 6.07) is -0.610. The van der Waals surface area contributed by atoms with E-state index in [0.29, 0.717) is 0 Å². The lowest BCUT2D eigenvalue weighted by molar-refractivity contribution is -0.246. The highest BCUT2D eigenvalue weighted by atomic mass is 16.7. The second-order valence-corrected chi connectivity index (χ2v) is 8.16. The lowest BCUT2D eigenvalue weighted by atomic mass is 9.83. The van der Waals surface area contributed by atoms with E-state index in [1.807, 2.05) is 27.7 Å². The number of carbonyl (C=O) groups excluding carboxylic acids is 1. The topological polar surface area (TPSA) is 127 Å². The van der Waals surface area contributed by atoms with Crippen LogP contribution in [-0.4, -0.2) is 89.5 Å². The Morgan fingerprint density at radius 3 is 2.25 bits per heavy atom. The molecule has 0 bridgehead atoms. The lowest BCUT2D eigenvalue weighted by Gasteiger charge is -2.45. The summed E-state index contributed by atoms with van der Waals surface area (Å²) in [5, 5.41) is 34.2. The van der Waals surface area contributed by atoms with Gasteiger partial charge in [0.2, 0.25) is 5.91 Å². The Hall–Kier alpha value is -0.810. The van der Waals surface area contributed by atoms with E-state index < -0.39 is 48.8 Å². The molecule has 2 saturated heterocycles. The van der Waals surface area contributed by atoms with Gasteiger partial charge < -0.3 is 39.6 Å². The normalized spacial score (nSPS) is 39.4. The Morgan fingerprint density at radius 1 is 1.04 bits per heavy atom. The first-order valence-corrected chi connectivity index (χ1v) is 9.95. The van der Waals surface area contributed by atoms with Crippen LogP contribution in [-0.2, 0) is 23.7 Å². The summed E-state index contributed by atoms with van der Waals surface area (Å²) in [4.78, 5) is 11.7. The minimum Gasteiger partial charge on any atom is -0.390 e. The number of carbonyl (C=O) groups is 1. The predicted molar refractivity (Wildman–Crippen MR) is 99.4 cm³/mol. The minimum atomic E-state index is -1.17. The summed E-state index contributed by atoms with van der Waals surface area (Å²) in [7, 11) is 0. The second kappa shape index (κ2) is 10.3. The van der Waals surface area contributed by atoms with Gasteiger partial charge >= 0.3 is 0 Å². The van der Waals surface area contributed by atoms with E-state index in [9.17, 15) is 20.1 Å². The first-order chi connectivity index (χ1) is 13.1. The van der Waals surface area contributed by atoms with Crippen LogP contribution in [0.2, 0.25) is 0 Å². The molecule has 164 valence electrons. The van der Waals surface area contributed by atoms with Crippen LogP contribution in [0.3, 0.4) is 0 Å². The van der Waals surface area contributed by atoms with Gasteiger partial charge in [-0.05, 0) is 34.1 Å². The SMILES string of the molecule is CC(=O)NC1C(OC(C)C)OCC(O)C1CC1OCC(OC(C)C)C(O)C1O. The molecular formula is C19H35NO8. The molecule has 0 saturated carbocycles. The van der Waals surface area contributed by atoms with Crippen LogP contribution >= 0.6 is 0 Å². The number of hydrogen-bond acceptors (Lipinski definition) is 8. The van der Waals surface area contributed by atoms with Crippen molar-refractivity contribution in [1.29, 1.82) is 0 Å². The van der Waals surface area contributed by atoms with Gasteiger partial charge in [0, 0.05) is 12.8 Å². The van der Waals surface area contributed by atoms with Crippen LogP contribution in [0.15, 0.2) is 0 Å². The van der Waals surface area contributed by atoms with Gasteiger partial charge in [-0.1, -0.05) is 0 Å². The third kappa shape index (κ3) is 6.09. The van der Waals surface area contributed by atoms with Crippen molar-refractivity contribution in [2.75, 3.05) is 13.2 Å². The van der Waals surface area contributed by atoms with Crippen molar-refractivity contribution in [3.05, 3.63) is 0 Å². The third-order valence-electron chi connectivity index (χ3n) is 4.99. The molecule has 9 heteroatoms. The molecule has 0 spiro atoms. The first kappa shape index (κ1) is 23.5. The highest BCUT2D eigenvalue weighted by molar-refractivity contribution is 5.73. The first-order valence-electron chi connectivity index (χ1n) is 9.95. The van der Waals surface area contributed by atoms with Crippen molar-refractivity contribution >= 4 is 5.91 Å². The Labute approximate surface area is 166 Å². The number of ether oxygens (including phenoxy) is 4. The van der Waals surface area contributed by atoms with E-state index in [0.717, 1.165) is 0 Å². The molecule has 2 rings (SSSR count). The summed E-state index contributed by atoms with van der Waals surface area (Å²) in [5.74, 6) is -0.753. The van der Waals surface area contributed by atoms with Crippen molar-refractivity contribution in [2.24, 2.45) is 5.92 Å². The maximum Gasteiger partial charge on any atom is 0.217 e. The smallest absolute Gasteiger partial charge is 0.217 e. The Bertz CT molecular complexity index is 502. The molecule has 2 fully saturated rings. The number of rotatable bonds is 7. The predicted octanol–water partition coefficient (Wildman–Crippen LogP) is -0.446. The fourth-order valence-corrected chi connectivity index (χ4v) is 3.77. The number of hydrogen-bond donors (Lipinski definition) is 4. The highest BCUT2D eigenvalue weighted by Crippen LogP contribution is 2.31. The van der Waals surface area contributed by atoms with Crippen LogP contribution in [0.1, 0.15) is 41.0 Å². The molecule has 4 N–H and O–H groups in total. The molecule has 0 aromatic rings. The molecule has 28 heavy (non-hydrogen) atoms. The Morgan fingerprint density at radius 2 is 1.68 bits per heavy atom. The van der Waals surface area contributed by atoms with Gasteiger partial charge in [-0.2, -0.15) is 0 Å². The quantitative estimate of drug-likeness (QED) is 0.449. The van der Waals surface area contributed by atoms with Crippen LogP contribution in [0.25, 0.3) is 0 Å². The molecule has 2 heterocycles. The average molecular weight is 405 g/mol. The van der Waals surface area contributed by atoms with E-state index >= 15 is 0 Å². The molecule has 2 aliphatic heterocycles. The maximum atomic E-state index is 11.7. The lowest BCUT2D eigenvalue weighted by Crippen LogP contribution is -2.61. The number of aliphatic hydroxyl groups excluding tert-OH is 3.